The first-order chi connectivity index (χ1) is 9.10. The van der Waals surface area contributed by atoms with Crippen LogP contribution in [0.2, 0.25) is 5.02 Å². The molecule has 0 amide bonds. The first-order valence-electron chi connectivity index (χ1n) is 6.62. The van der Waals surface area contributed by atoms with Crippen molar-refractivity contribution in [2.45, 2.75) is 26.2 Å². The summed E-state index contributed by atoms with van der Waals surface area (Å²) in [6.45, 7) is 4.88. The topological polar surface area (TPSA) is 26.0 Å². The monoisotopic (exact) mass is 273 g/mol. The molecule has 19 heavy (non-hydrogen) atoms. The lowest BCUT2D eigenvalue weighted by Crippen LogP contribution is -2.15. The van der Waals surface area contributed by atoms with Crippen molar-refractivity contribution in [2.75, 3.05) is 6.54 Å². The molecule has 0 bridgehead atoms. The lowest BCUT2D eigenvalue weighted by atomic mass is 9.90. The van der Waals surface area contributed by atoms with Crippen molar-refractivity contribution < 1.29 is 0 Å². The fraction of sp³-hybridized carbons (Fsp3) is 0.294. The second-order valence-electron chi connectivity index (χ2n) is 5.15. The maximum absolute atomic E-state index is 6.23. The Kier molecular flexibility index (Phi) is 4.62. The summed E-state index contributed by atoms with van der Waals surface area (Å²) >= 11 is 6.23. The largest absolute Gasteiger partial charge is 0.330 e. The first-order valence-corrected chi connectivity index (χ1v) is 6.99. The van der Waals surface area contributed by atoms with Crippen LogP contribution in [-0.2, 0) is 6.42 Å². The van der Waals surface area contributed by atoms with Gasteiger partial charge in [0, 0.05) is 10.9 Å². The molecule has 0 fully saturated rings. The lowest BCUT2D eigenvalue weighted by molar-refractivity contribution is 0.693. The van der Waals surface area contributed by atoms with Gasteiger partial charge in [0.2, 0.25) is 0 Å². The van der Waals surface area contributed by atoms with Crippen molar-refractivity contribution in [2.24, 2.45) is 5.73 Å². The highest BCUT2D eigenvalue weighted by atomic mass is 35.5. The molecule has 1 atom stereocenters. The van der Waals surface area contributed by atoms with Crippen LogP contribution in [0.15, 0.2) is 42.5 Å². The summed E-state index contributed by atoms with van der Waals surface area (Å²) in [4.78, 5) is 0. The average molecular weight is 274 g/mol. The van der Waals surface area contributed by atoms with Crippen molar-refractivity contribution in [1.29, 1.82) is 0 Å². The molecule has 0 saturated carbocycles. The highest BCUT2D eigenvalue weighted by molar-refractivity contribution is 6.31. The van der Waals surface area contributed by atoms with E-state index in [4.69, 9.17) is 17.3 Å². The maximum atomic E-state index is 6.23. The first kappa shape index (κ1) is 14.1. The Hall–Kier alpha value is -1.31. The molecule has 0 aliphatic heterocycles. The van der Waals surface area contributed by atoms with Gasteiger partial charge >= 0.3 is 0 Å². The predicted octanol–water partition coefficient (Wildman–Crippen LogP) is 4.24. The average Bonchev–Trinajstić information content (AvgIpc) is 2.36. The van der Waals surface area contributed by atoms with E-state index in [1.54, 1.807) is 0 Å². The van der Waals surface area contributed by atoms with Crippen LogP contribution >= 0.6 is 11.6 Å². The maximum Gasteiger partial charge on any atom is 0.0438 e. The van der Waals surface area contributed by atoms with Crippen LogP contribution in [0, 0.1) is 13.8 Å². The van der Waals surface area contributed by atoms with E-state index in [1.165, 1.54) is 22.3 Å². The van der Waals surface area contributed by atoms with Gasteiger partial charge < -0.3 is 5.73 Å². The third-order valence-corrected chi connectivity index (χ3v) is 3.79. The fourth-order valence-corrected chi connectivity index (χ4v) is 2.73. The van der Waals surface area contributed by atoms with Gasteiger partial charge in [0.15, 0.2) is 0 Å². The van der Waals surface area contributed by atoms with Crippen LogP contribution in [0.3, 0.4) is 0 Å². The van der Waals surface area contributed by atoms with E-state index in [1.807, 2.05) is 18.2 Å². The van der Waals surface area contributed by atoms with Gasteiger partial charge in [0.05, 0.1) is 0 Å². The van der Waals surface area contributed by atoms with Crippen molar-refractivity contribution >= 4 is 11.6 Å². The van der Waals surface area contributed by atoms with E-state index in [9.17, 15) is 0 Å². The van der Waals surface area contributed by atoms with Crippen LogP contribution in [0.25, 0.3) is 0 Å². The van der Waals surface area contributed by atoms with Gasteiger partial charge in [-0.05, 0) is 44.0 Å². The smallest absolute Gasteiger partial charge is 0.0438 e. The zero-order chi connectivity index (χ0) is 13.8. The van der Waals surface area contributed by atoms with E-state index in [0.717, 1.165) is 11.4 Å². The van der Waals surface area contributed by atoms with Gasteiger partial charge in [-0.25, -0.2) is 0 Å². The molecule has 0 aliphatic carbocycles. The second kappa shape index (κ2) is 6.23. The standard InChI is InChI=1S/C17H20ClN/c1-12-7-13(2)9-15(8-12)16(11-19)10-14-5-3-4-6-17(14)18/h3-9,16H,10-11,19H2,1-2H3. The van der Waals surface area contributed by atoms with E-state index in [-0.39, 0.29) is 0 Å². The number of hydrogen-bond donors (Lipinski definition) is 1. The molecule has 2 heteroatoms. The van der Waals surface area contributed by atoms with E-state index in [0.29, 0.717) is 12.5 Å². The summed E-state index contributed by atoms with van der Waals surface area (Å²) < 4.78 is 0. The Morgan fingerprint density at radius 2 is 1.68 bits per heavy atom. The molecule has 2 aromatic carbocycles. The van der Waals surface area contributed by atoms with Crippen LogP contribution in [0.1, 0.15) is 28.2 Å². The summed E-state index contributed by atoms with van der Waals surface area (Å²) in [5.74, 6) is 0.318. The molecule has 1 nitrogen and oxygen atoms in total. The van der Waals surface area contributed by atoms with Crippen molar-refractivity contribution in [1.82, 2.24) is 0 Å². The van der Waals surface area contributed by atoms with Gasteiger partial charge in [0.25, 0.3) is 0 Å². The highest BCUT2D eigenvalue weighted by Crippen LogP contribution is 2.25. The molecule has 0 aromatic heterocycles. The number of aryl methyl sites for hydroxylation is 2. The molecule has 0 radical (unpaired) electrons. The highest BCUT2D eigenvalue weighted by Gasteiger charge is 2.13. The van der Waals surface area contributed by atoms with Gasteiger partial charge in [-0.15, -0.1) is 0 Å². The van der Waals surface area contributed by atoms with Gasteiger partial charge in [-0.1, -0.05) is 59.1 Å². The Morgan fingerprint density at radius 3 is 2.26 bits per heavy atom. The minimum atomic E-state index is 0.318. The number of benzene rings is 2. The van der Waals surface area contributed by atoms with Crippen LogP contribution in [-0.4, -0.2) is 6.54 Å². The van der Waals surface area contributed by atoms with Crippen LogP contribution < -0.4 is 5.73 Å². The number of nitrogens with two attached hydrogens (primary N) is 1. The third kappa shape index (κ3) is 3.59. The van der Waals surface area contributed by atoms with Crippen molar-refractivity contribution in [3.8, 4) is 0 Å². The zero-order valence-electron chi connectivity index (χ0n) is 11.5. The Morgan fingerprint density at radius 1 is 1.05 bits per heavy atom. The fourth-order valence-electron chi connectivity index (χ4n) is 2.51. The minimum Gasteiger partial charge on any atom is -0.330 e. The van der Waals surface area contributed by atoms with Gasteiger partial charge in [-0.3, -0.25) is 0 Å². The SMILES string of the molecule is Cc1cc(C)cc(C(CN)Cc2ccccc2Cl)c1. The molecule has 0 saturated heterocycles. The van der Waals surface area contributed by atoms with E-state index in [2.05, 4.69) is 38.1 Å². The summed E-state index contributed by atoms with van der Waals surface area (Å²) in [5.41, 5.74) is 11.0. The molecule has 2 rings (SSSR count). The summed E-state index contributed by atoms with van der Waals surface area (Å²) in [6.07, 6.45) is 0.888. The van der Waals surface area contributed by atoms with Crippen LogP contribution in [0.4, 0.5) is 0 Å². The number of hydrogen-bond acceptors (Lipinski definition) is 1. The summed E-state index contributed by atoms with van der Waals surface area (Å²) in [6, 6.07) is 14.6. The summed E-state index contributed by atoms with van der Waals surface area (Å²) in [5, 5.41) is 0.824. The zero-order valence-corrected chi connectivity index (χ0v) is 12.2. The van der Waals surface area contributed by atoms with E-state index >= 15 is 0 Å². The molecule has 2 N–H and O–H groups in total. The molecule has 0 spiro atoms. The molecule has 2 aromatic rings. The molecule has 1 unspecified atom stereocenters. The Bertz CT molecular complexity index is 543. The van der Waals surface area contributed by atoms with E-state index < -0.39 is 0 Å². The number of rotatable bonds is 4. The van der Waals surface area contributed by atoms with Crippen molar-refractivity contribution in [3.63, 3.8) is 0 Å². The molecule has 0 aliphatic rings. The van der Waals surface area contributed by atoms with Crippen molar-refractivity contribution in [3.05, 3.63) is 69.7 Å². The molecular weight excluding hydrogens is 254 g/mol. The second-order valence-corrected chi connectivity index (χ2v) is 5.56. The quantitative estimate of drug-likeness (QED) is 0.886. The minimum absolute atomic E-state index is 0.318. The number of halogens is 1. The van der Waals surface area contributed by atoms with Gasteiger partial charge in [-0.2, -0.15) is 0 Å². The Balaban J connectivity index is 2.28. The summed E-state index contributed by atoms with van der Waals surface area (Å²) in [7, 11) is 0. The third-order valence-electron chi connectivity index (χ3n) is 3.42. The molecule has 0 heterocycles. The Labute approximate surface area is 120 Å². The predicted molar refractivity (Wildman–Crippen MR) is 82.9 cm³/mol. The lowest BCUT2D eigenvalue weighted by Gasteiger charge is -2.17. The van der Waals surface area contributed by atoms with Crippen LogP contribution in [0.5, 0.6) is 0 Å². The van der Waals surface area contributed by atoms with Gasteiger partial charge in [0.1, 0.15) is 0 Å². The molecular formula is C17H20ClN. The molecule has 100 valence electrons. The normalized spacial score (nSPS) is 12.4.